The Hall–Kier alpha value is -0.990. The maximum Gasteiger partial charge on any atom is 0.472 e. The lowest BCUT2D eigenvalue weighted by Crippen LogP contribution is -2.37. The zero-order chi connectivity index (χ0) is 27.3. The van der Waals surface area contributed by atoms with Crippen LogP contribution in [0.3, 0.4) is 0 Å². The molecule has 0 aliphatic carbocycles. The van der Waals surface area contributed by atoms with Crippen LogP contribution < -0.4 is 0 Å². The average Bonchev–Trinajstić information content (AvgIpc) is 2.79. The summed E-state index contributed by atoms with van der Waals surface area (Å²) in [6.45, 7) is 4.23. The van der Waals surface area contributed by atoms with E-state index in [9.17, 15) is 19.0 Å². The maximum absolute atomic E-state index is 12.3. The van der Waals surface area contributed by atoms with Crippen molar-refractivity contribution in [1.82, 2.24) is 0 Å². The van der Waals surface area contributed by atoms with Crippen molar-refractivity contribution in [2.75, 3.05) is 47.5 Å². The number of likely N-dealkylation sites (N-methyl/N-ethyl adjacent to an activating group) is 1. The molecular weight excluding hydrogens is 485 g/mol. The largest absolute Gasteiger partial charge is 0.472 e. The van der Waals surface area contributed by atoms with Crippen LogP contribution in [-0.4, -0.2) is 74.9 Å². The third-order valence-corrected chi connectivity index (χ3v) is 6.62. The summed E-state index contributed by atoms with van der Waals surface area (Å²) in [5.41, 5.74) is 0. The fourth-order valence-corrected chi connectivity index (χ4v) is 4.10. The SMILES string of the molecule is CCCCCCCCCC(=O)O[C@H](COC(=O)CCCCCCC)COP(=O)(O)OCC[N+](C)(C)C. The lowest BCUT2D eigenvalue weighted by atomic mass is 10.1. The maximum atomic E-state index is 12.3. The Labute approximate surface area is 219 Å². The molecule has 10 heteroatoms. The van der Waals surface area contributed by atoms with Crippen molar-refractivity contribution in [3.05, 3.63) is 0 Å². The molecule has 0 radical (unpaired) electrons. The van der Waals surface area contributed by atoms with Gasteiger partial charge in [-0.05, 0) is 12.8 Å². The molecule has 0 saturated heterocycles. The predicted molar refractivity (Wildman–Crippen MR) is 141 cm³/mol. The number of phosphoric acid groups is 1. The molecule has 0 rings (SSSR count). The molecule has 2 atom stereocenters. The van der Waals surface area contributed by atoms with Gasteiger partial charge in [0.25, 0.3) is 0 Å². The van der Waals surface area contributed by atoms with E-state index in [1.54, 1.807) is 0 Å². The van der Waals surface area contributed by atoms with Gasteiger partial charge in [0.1, 0.15) is 19.8 Å². The molecule has 0 fully saturated rings. The summed E-state index contributed by atoms with van der Waals surface area (Å²) in [5.74, 6) is -0.822. The lowest BCUT2D eigenvalue weighted by molar-refractivity contribution is -0.870. The van der Waals surface area contributed by atoms with Crippen molar-refractivity contribution < 1.29 is 42.1 Å². The monoisotopic (exact) mass is 538 g/mol. The van der Waals surface area contributed by atoms with Gasteiger partial charge >= 0.3 is 19.8 Å². The molecule has 214 valence electrons. The first-order valence-corrected chi connectivity index (χ1v) is 15.3. The number of hydrogen-bond donors (Lipinski definition) is 1. The van der Waals surface area contributed by atoms with Crippen LogP contribution in [0.4, 0.5) is 0 Å². The summed E-state index contributed by atoms with van der Waals surface area (Å²) in [6.07, 6.45) is 12.1. The van der Waals surface area contributed by atoms with Gasteiger partial charge in [0.05, 0.1) is 27.7 Å². The van der Waals surface area contributed by atoms with Crippen LogP contribution in [0, 0.1) is 0 Å². The molecule has 0 aromatic heterocycles. The van der Waals surface area contributed by atoms with Crippen molar-refractivity contribution >= 4 is 19.8 Å². The number of phosphoric ester groups is 1. The van der Waals surface area contributed by atoms with E-state index in [1.807, 2.05) is 21.1 Å². The van der Waals surface area contributed by atoms with Gasteiger partial charge in [-0.15, -0.1) is 0 Å². The van der Waals surface area contributed by atoms with Crippen LogP contribution in [0.15, 0.2) is 0 Å². The minimum absolute atomic E-state index is 0.0347. The Morgan fingerprint density at radius 1 is 0.750 bits per heavy atom. The molecule has 0 heterocycles. The Bertz CT molecular complexity index is 624. The minimum Gasteiger partial charge on any atom is -0.462 e. The molecule has 0 aromatic rings. The first-order chi connectivity index (χ1) is 17.0. The molecule has 0 saturated carbocycles. The normalized spacial score (nSPS) is 14.3. The van der Waals surface area contributed by atoms with E-state index in [1.165, 1.54) is 19.3 Å². The summed E-state index contributed by atoms with van der Waals surface area (Å²) >= 11 is 0. The Kier molecular flexibility index (Phi) is 20.4. The topological polar surface area (TPSA) is 108 Å². The molecule has 0 aliphatic heterocycles. The lowest BCUT2D eigenvalue weighted by Gasteiger charge is -2.24. The molecule has 0 spiro atoms. The highest BCUT2D eigenvalue weighted by Gasteiger charge is 2.27. The number of unbranched alkanes of at least 4 members (excludes halogenated alkanes) is 10. The van der Waals surface area contributed by atoms with Gasteiger partial charge in [0.15, 0.2) is 6.10 Å². The second-order valence-electron chi connectivity index (χ2n) is 10.4. The smallest absolute Gasteiger partial charge is 0.462 e. The van der Waals surface area contributed by atoms with Crippen LogP contribution in [0.1, 0.15) is 104 Å². The highest BCUT2D eigenvalue weighted by molar-refractivity contribution is 7.47. The van der Waals surface area contributed by atoms with E-state index in [0.717, 1.165) is 51.4 Å². The third kappa shape index (κ3) is 23.4. The first kappa shape index (κ1) is 35.0. The molecule has 0 aromatic carbocycles. The molecule has 0 amide bonds. The van der Waals surface area contributed by atoms with Crippen molar-refractivity contribution in [2.45, 2.75) is 110 Å². The molecule has 36 heavy (non-hydrogen) atoms. The summed E-state index contributed by atoms with van der Waals surface area (Å²) in [4.78, 5) is 34.4. The molecule has 1 unspecified atom stereocenters. The van der Waals surface area contributed by atoms with E-state index < -0.39 is 26.5 Å². The predicted octanol–water partition coefficient (Wildman–Crippen LogP) is 5.78. The van der Waals surface area contributed by atoms with E-state index in [2.05, 4.69) is 13.8 Å². The van der Waals surface area contributed by atoms with Crippen LogP contribution in [0.2, 0.25) is 0 Å². The van der Waals surface area contributed by atoms with Gasteiger partial charge in [-0.25, -0.2) is 4.57 Å². The number of quaternary nitrogens is 1. The summed E-state index contributed by atoms with van der Waals surface area (Å²) in [7, 11) is 1.47. The number of ether oxygens (including phenoxy) is 2. The van der Waals surface area contributed by atoms with Gasteiger partial charge in [-0.1, -0.05) is 78.1 Å². The van der Waals surface area contributed by atoms with Gasteiger partial charge in [-0.2, -0.15) is 0 Å². The number of carbonyl (C=O) groups is 2. The van der Waals surface area contributed by atoms with Crippen LogP contribution in [0.5, 0.6) is 0 Å². The van der Waals surface area contributed by atoms with Gasteiger partial charge in [0.2, 0.25) is 0 Å². The summed E-state index contributed by atoms with van der Waals surface area (Å²) in [6, 6.07) is 0. The van der Waals surface area contributed by atoms with Crippen molar-refractivity contribution in [1.29, 1.82) is 0 Å². The number of carbonyl (C=O) groups excluding carboxylic acids is 2. The Balaban J connectivity index is 4.60. The summed E-state index contributed by atoms with van der Waals surface area (Å²) < 4.78 is 33.6. The molecular formula is C26H53NO8P+. The fourth-order valence-electron chi connectivity index (χ4n) is 3.36. The zero-order valence-corrected chi connectivity index (χ0v) is 24.4. The number of rotatable bonds is 24. The van der Waals surface area contributed by atoms with E-state index in [-0.39, 0.29) is 32.0 Å². The van der Waals surface area contributed by atoms with Crippen LogP contribution in [0.25, 0.3) is 0 Å². The highest BCUT2D eigenvalue weighted by Crippen LogP contribution is 2.43. The van der Waals surface area contributed by atoms with Crippen molar-refractivity contribution in [3.8, 4) is 0 Å². The van der Waals surface area contributed by atoms with Gasteiger partial charge in [0, 0.05) is 12.8 Å². The number of esters is 2. The van der Waals surface area contributed by atoms with Crippen molar-refractivity contribution in [2.24, 2.45) is 0 Å². The van der Waals surface area contributed by atoms with Crippen LogP contribution in [-0.2, 0) is 32.7 Å². The minimum atomic E-state index is -4.33. The molecule has 9 nitrogen and oxygen atoms in total. The van der Waals surface area contributed by atoms with Crippen molar-refractivity contribution in [3.63, 3.8) is 0 Å². The first-order valence-electron chi connectivity index (χ1n) is 13.8. The highest BCUT2D eigenvalue weighted by atomic mass is 31.2. The van der Waals surface area contributed by atoms with Crippen LogP contribution >= 0.6 is 7.82 Å². The Morgan fingerprint density at radius 2 is 1.25 bits per heavy atom. The fraction of sp³-hybridized carbons (Fsp3) is 0.923. The zero-order valence-electron chi connectivity index (χ0n) is 23.5. The average molecular weight is 539 g/mol. The second kappa shape index (κ2) is 21.0. The summed E-state index contributed by atoms with van der Waals surface area (Å²) in [5, 5.41) is 0. The second-order valence-corrected chi connectivity index (χ2v) is 11.9. The van der Waals surface area contributed by atoms with E-state index in [0.29, 0.717) is 17.4 Å². The molecule has 0 aliphatic rings. The Morgan fingerprint density at radius 3 is 1.78 bits per heavy atom. The standard InChI is InChI=1S/C26H52NO8P/c1-6-8-10-12-13-15-17-19-26(29)35-24(22-32-25(28)18-16-14-11-9-7-2)23-34-36(30,31)33-21-20-27(3,4)5/h24H,6-23H2,1-5H3/p+1/t24-/m1/s1. The number of nitrogens with zero attached hydrogens (tertiary/aromatic N) is 1. The molecule has 0 bridgehead atoms. The van der Waals surface area contributed by atoms with E-state index >= 15 is 0 Å². The molecule has 1 N–H and O–H groups in total. The van der Waals surface area contributed by atoms with E-state index in [4.69, 9.17) is 18.5 Å². The quantitative estimate of drug-likeness (QED) is 0.0713. The number of hydrogen-bond acceptors (Lipinski definition) is 7. The third-order valence-electron chi connectivity index (χ3n) is 5.64. The van der Waals surface area contributed by atoms with Gasteiger partial charge in [-0.3, -0.25) is 18.6 Å². The van der Waals surface area contributed by atoms with Gasteiger partial charge < -0.3 is 18.9 Å².